The fourth-order valence-corrected chi connectivity index (χ4v) is 3.76. The molecule has 0 bridgehead atoms. The normalized spacial score (nSPS) is 20.8. The van der Waals surface area contributed by atoms with Crippen molar-refractivity contribution in [3.8, 4) is 0 Å². The predicted octanol–water partition coefficient (Wildman–Crippen LogP) is 1.89. The highest BCUT2D eigenvalue weighted by molar-refractivity contribution is 5.93. The Balaban J connectivity index is 1.44. The molecule has 3 heterocycles. The lowest BCUT2D eigenvalue weighted by Gasteiger charge is -2.24. The van der Waals surface area contributed by atoms with Crippen LogP contribution in [0.2, 0.25) is 0 Å². The van der Waals surface area contributed by atoms with Crippen LogP contribution >= 0.6 is 0 Å². The van der Waals surface area contributed by atoms with Crippen LogP contribution in [0.4, 0.5) is 0 Å². The summed E-state index contributed by atoms with van der Waals surface area (Å²) < 4.78 is 3.91. The zero-order valence-corrected chi connectivity index (χ0v) is 14.4. The molecular formula is C17H24N6O. The Morgan fingerprint density at radius 3 is 2.88 bits per heavy atom. The van der Waals surface area contributed by atoms with Crippen LogP contribution in [0.5, 0.6) is 0 Å². The minimum absolute atomic E-state index is 0.101. The molecule has 2 fully saturated rings. The van der Waals surface area contributed by atoms with Crippen LogP contribution in [-0.4, -0.2) is 47.9 Å². The van der Waals surface area contributed by atoms with Gasteiger partial charge < -0.3 is 9.47 Å². The molecule has 1 aliphatic heterocycles. The number of amides is 1. The van der Waals surface area contributed by atoms with Crippen LogP contribution in [-0.2, 0) is 13.5 Å². The molecule has 2 aromatic rings. The molecule has 1 saturated carbocycles. The van der Waals surface area contributed by atoms with Crippen LogP contribution in [0.15, 0.2) is 12.4 Å². The van der Waals surface area contributed by atoms with E-state index < -0.39 is 0 Å². The van der Waals surface area contributed by atoms with Crippen LogP contribution in [0.1, 0.15) is 60.2 Å². The Morgan fingerprint density at radius 1 is 1.33 bits per heavy atom. The third-order valence-corrected chi connectivity index (χ3v) is 5.15. The Bertz CT molecular complexity index is 744. The van der Waals surface area contributed by atoms with Crippen molar-refractivity contribution in [1.29, 1.82) is 0 Å². The maximum absolute atomic E-state index is 12.9. The van der Waals surface area contributed by atoms with Gasteiger partial charge in [0.1, 0.15) is 17.8 Å². The Labute approximate surface area is 141 Å². The topological polar surface area (TPSA) is 68.8 Å². The van der Waals surface area contributed by atoms with Crippen molar-refractivity contribution in [2.75, 3.05) is 6.54 Å². The molecule has 2 aromatic heterocycles. The van der Waals surface area contributed by atoms with Gasteiger partial charge >= 0.3 is 0 Å². The second kappa shape index (κ2) is 6.03. The summed E-state index contributed by atoms with van der Waals surface area (Å²) in [5.74, 6) is 1.16. The highest BCUT2D eigenvalue weighted by Crippen LogP contribution is 2.35. The van der Waals surface area contributed by atoms with E-state index in [1.807, 2.05) is 31.3 Å². The van der Waals surface area contributed by atoms with E-state index in [0.29, 0.717) is 11.7 Å². The van der Waals surface area contributed by atoms with Crippen molar-refractivity contribution in [2.45, 2.75) is 57.5 Å². The number of rotatable bonds is 5. The van der Waals surface area contributed by atoms with Gasteiger partial charge in [0.05, 0.1) is 5.69 Å². The quantitative estimate of drug-likeness (QED) is 0.840. The first-order valence-corrected chi connectivity index (χ1v) is 8.83. The van der Waals surface area contributed by atoms with Gasteiger partial charge in [0, 0.05) is 32.1 Å². The highest BCUT2D eigenvalue weighted by atomic mass is 16.2. The fourth-order valence-electron chi connectivity index (χ4n) is 3.76. The first kappa shape index (κ1) is 15.4. The maximum Gasteiger partial charge on any atom is 0.272 e. The summed E-state index contributed by atoms with van der Waals surface area (Å²) in [7, 11) is 1.84. The van der Waals surface area contributed by atoms with Crippen molar-refractivity contribution in [3.05, 3.63) is 29.6 Å². The zero-order valence-electron chi connectivity index (χ0n) is 14.4. The molecule has 1 saturated heterocycles. The van der Waals surface area contributed by atoms with Gasteiger partial charge in [-0.15, -0.1) is 10.2 Å². The molecule has 128 valence electrons. The molecule has 1 unspecified atom stereocenters. The summed E-state index contributed by atoms with van der Waals surface area (Å²) >= 11 is 0. The highest BCUT2D eigenvalue weighted by Gasteiger charge is 2.32. The number of carbonyl (C=O) groups excluding carboxylic acids is 1. The Hall–Kier alpha value is -2.18. The summed E-state index contributed by atoms with van der Waals surface area (Å²) in [5, 5.41) is 12.6. The number of aryl methyl sites for hydroxylation is 3. The minimum atomic E-state index is 0.101. The second-order valence-electron chi connectivity index (χ2n) is 7.01. The van der Waals surface area contributed by atoms with Crippen molar-refractivity contribution >= 4 is 5.91 Å². The van der Waals surface area contributed by atoms with E-state index in [4.69, 9.17) is 0 Å². The molecule has 4 rings (SSSR count). The van der Waals surface area contributed by atoms with Gasteiger partial charge in [0.2, 0.25) is 0 Å². The van der Waals surface area contributed by atoms with E-state index in [2.05, 4.69) is 19.9 Å². The molecule has 7 nitrogen and oxygen atoms in total. The third kappa shape index (κ3) is 2.83. The van der Waals surface area contributed by atoms with E-state index >= 15 is 0 Å². The summed E-state index contributed by atoms with van der Waals surface area (Å²) in [6.45, 7) is 2.76. The number of hydrogen-bond donors (Lipinski definition) is 0. The standard InChI is InChI=1S/C17H24N6O/c1-12-10-15(21(2)20-12)17(24)22-9-3-4-13(22)7-8-16-19-18-11-23(16)14-5-6-14/h10-11,13-14H,3-9H2,1-2H3. The molecule has 0 aromatic carbocycles. The number of aromatic nitrogens is 5. The smallest absolute Gasteiger partial charge is 0.272 e. The first-order valence-electron chi connectivity index (χ1n) is 8.83. The number of likely N-dealkylation sites (tertiary alicyclic amines) is 1. The summed E-state index contributed by atoms with van der Waals surface area (Å²) in [6, 6.07) is 2.77. The molecule has 1 atom stereocenters. The SMILES string of the molecule is Cc1cc(C(=O)N2CCCC2CCc2nncn2C2CC2)n(C)n1. The van der Waals surface area contributed by atoms with Crippen molar-refractivity contribution in [2.24, 2.45) is 7.05 Å². The van der Waals surface area contributed by atoms with Crippen LogP contribution in [0, 0.1) is 6.92 Å². The van der Waals surface area contributed by atoms with Gasteiger partial charge in [-0.3, -0.25) is 9.48 Å². The van der Waals surface area contributed by atoms with Crippen molar-refractivity contribution < 1.29 is 4.79 Å². The summed E-state index contributed by atoms with van der Waals surface area (Å²) in [5.41, 5.74) is 1.56. The van der Waals surface area contributed by atoms with E-state index in [9.17, 15) is 4.79 Å². The summed E-state index contributed by atoms with van der Waals surface area (Å²) in [4.78, 5) is 14.9. The minimum Gasteiger partial charge on any atom is -0.334 e. The lowest BCUT2D eigenvalue weighted by molar-refractivity contribution is 0.0719. The molecule has 2 aliphatic rings. The van der Waals surface area contributed by atoms with E-state index in [0.717, 1.165) is 43.7 Å². The Kier molecular flexibility index (Phi) is 3.86. The molecule has 0 spiro atoms. The lowest BCUT2D eigenvalue weighted by Crippen LogP contribution is -2.37. The van der Waals surface area contributed by atoms with Crippen LogP contribution < -0.4 is 0 Å². The van der Waals surface area contributed by atoms with Crippen LogP contribution in [0.3, 0.4) is 0 Å². The van der Waals surface area contributed by atoms with E-state index in [-0.39, 0.29) is 11.9 Å². The van der Waals surface area contributed by atoms with Crippen LogP contribution in [0.25, 0.3) is 0 Å². The van der Waals surface area contributed by atoms with E-state index in [1.165, 1.54) is 12.8 Å². The number of hydrogen-bond acceptors (Lipinski definition) is 4. The van der Waals surface area contributed by atoms with E-state index in [1.54, 1.807) is 4.68 Å². The zero-order chi connectivity index (χ0) is 16.7. The molecule has 1 amide bonds. The van der Waals surface area contributed by atoms with Crippen molar-refractivity contribution in [3.63, 3.8) is 0 Å². The Morgan fingerprint density at radius 2 is 2.17 bits per heavy atom. The fraction of sp³-hybridized carbons (Fsp3) is 0.647. The molecule has 24 heavy (non-hydrogen) atoms. The summed E-state index contributed by atoms with van der Waals surface area (Å²) in [6.07, 6.45) is 8.30. The first-order chi connectivity index (χ1) is 11.6. The predicted molar refractivity (Wildman–Crippen MR) is 88.6 cm³/mol. The molecule has 0 N–H and O–H groups in total. The van der Waals surface area contributed by atoms with Crippen molar-refractivity contribution in [1.82, 2.24) is 29.4 Å². The largest absolute Gasteiger partial charge is 0.334 e. The average Bonchev–Trinajstić information content (AvgIpc) is 2.97. The van der Waals surface area contributed by atoms with Gasteiger partial charge in [-0.2, -0.15) is 5.10 Å². The van der Waals surface area contributed by atoms with Gasteiger partial charge in [-0.1, -0.05) is 0 Å². The lowest BCUT2D eigenvalue weighted by atomic mass is 10.1. The monoisotopic (exact) mass is 328 g/mol. The number of carbonyl (C=O) groups is 1. The molecule has 0 radical (unpaired) electrons. The average molecular weight is 328 g/mol. The molecular weight excluding hydrogens is 304 g/mol. The van der Waals surface area contributed by atoms with Gasteiger partial charge in [0.25, 0.3) is 5.91 Å². The number of nitrogens with zero attached hydrogens (tertiary/aromatic N) is 6. The second-order valence-corrected chi connectivity index (χ2v) is 7.01. The van der Waals surface area contributed by atoms with Gasteiger partial charge in [-0.25, -0.2) is 0 Å². The molecule has 7 heteroatoms. The molecule has 1 aliphatic carbocycles. The third-order valence-electron chi connectivity index (χ3n) is 5.15. The maximum atomic E-state index is 12.9. The van der Waals surface area contributed by atoms with Gasteiger partial charge in [0.15, 0.2) is 0 Å². The van der Waals surface area contributed by atoms with Gasteiger partial charge in [-0.05, 0) is 45.1 Å².